The summed E-state index contributed by atoms with van der Waals surface area (Å²) in [6.45, 7) is 7.47. The average Bonchev–Trinajstić information content (AvgIpc) is 2.49. The molecule has 1 aromatic heterocycles. The number of nitrogens with zero attached hydrogens (tertiary/aromatic N) is 2. The molecule has 1 rings (SSSR count). The zero-order chi connectivity index (χ0) is 13.0. The smallest absolute Gasteiger partial charge is 0.131 e. The van der Waals surface area contributed by atoms with Crippen LogP contribution in [0.25, 0.3) is 0 Å². The summed E-state index contributed by atoms with van der Waals surface area (Å²) in [5.41, 5.74) is 1.99. The van der Waals surface area contributed by atoms with Crippen molar-refractivity contribution in [2.45, 2.75) is 39.8 Å². The SMILES string of the molecule is Cc1nn(C)c(Cl)c1CNCCC(O)C(C)C. The molecular weight excluding hydrogens is 238 g/mol. The molecule has 1 unspecified atom stereocenters. The molecule has 0 radical (unpaired) electrons. The van der Waals surface area contributed by atoms with Crippen molar-refractivity contribution in [2.24, 2.45) is 13.0 Å². The number of aromatic nitrogens is 2. The van der Waals surface area contributed by atoms with Crippen molar-refractivity contribution in [1.29, 1.82) is 0 Å². The minimum atomic E-state index is -0.243. The Balaban J connectivity index is 2.36. The maximum atomic E-state index is 9.65. The minimum absolute atomic E-state index is 0.243. The topological polar surface area (TPSA) is 50.1 Å². The molecule has 2 N–H and O–H groups in total. The van der Waals surface area contributed by atoms with E-state index in [1.54, 1.807) is 4.68 Å². The van der Waals surface area contributed by atoms with Crippen LogP contribution in [0.3, 0.4) is 0 Å². The summed E-state index contributed by atoms with van der Waals surface area (Å²) in [5, 5.41) is 17.9. The number of hydrogen-bond acceptors (Lipinski definition) is 3. The molecule has 0 saturated carbocycles. The van der Waals surface area contributed by atoms with Gasteiger partial charge in [0.05, 0.1) is 11.8 Å². The lowest BCUT2D eigenvalue weighted by molar-refractivity contribution is 0.116. The summed E-state index contributed by atoms with van der Waals surface area (Å²) in [4.78, 5) is 0. The quantitative estimate of drug-likeness (QED) is 0.767. The molecule has 5 heteroatoms. The number of aliphatic hydroxyl groups excluding tert-OH is 1. The Morgan fingerprint density at radius 1 is 1.47 bits per heavy atom. The van der Waals surface area contributed by atoms with E-state index in [1.165, 1.54) is 0 Å². The first-order valence-corrected chi connectivity index (χ1v) is 6.38. The fourth-order valence-corrected chi connectivity index (χ4v) is 1.91. The Hall–Kier alpha value is -0.580. The lowest BCUT2D eigenvalue weighted by Crippen LogP contribution is -2.23. The Kier molecular flexibility index (Phi) is 5.43. The van der Waals surface area contributed by atoms with Crippen LogP contribution in [0.5, 0.6) is 0 Å². The normalized spacial score (nSPS) is 13.4. The van der Waals surface area contributed by atoms with Crippen molar-refractivity contribution < 1.29 is 5.11 Å². The summed E-state index contributed by atoms with van der Waals surface area (Å²) in [7, 11) is 1.83. The highest BCUT2D eigenvalue weighted by molar-refractivity contribution is 6.30. The molecule has 0 aliphatic carbocycles. The fourth-order valence-electron chi connectivity index (χ4n) is 1.67. The lowest BCUT2D eigenvalue weighted by atomic mass is 10.0. The van der Waals surface area contributed by atoms with E-state index in [9.17, 15) is 5.11 Å². The van der Waals surface area contributed by atoms with Gasteiger partial charge in [-0.1, -0.05) is 25.4 Å². The van der Waals surface area contributed by atoms with Gasteiger partial charge < -0.3 is 10.4 Å². The summed E-state index contributed by atoms with van der Waals surface area (Å²) in [6.07, 6.45) is 0.516. The average molecular weight is 260 g/mol. The highest BCUT2D eigenvalue weighted by Gasteiger charge is 2.11. The molecule has 0 saturated heterocycles. The van der Waals surface area contributed by atoms with Crippen LogP contribution in [-0.4, -0.2) is 27.5 Å². The largest absolute Gasteiger partial charge is 0.393 e. The Morgan fingerprint density at radius 2 is 2.12 bits per heavy atom. The monoisotopic (exact) mass is 259 g/mol. The van der Waals surface area contributed by atoms with Gasteiger partial charge in [0.15, 0.2) is 0 Å². The van der Waals surface area contributed by atoms with Gasteiger partial charge in [0.1, 0.15) is 5.15 Å². The van der Waals surface area contributed by atoms with Gasteiger partial charge >= 0.3 is 0 Å². The zero-order valence-electron chi connectivity index (χ0n) is 11.0. The van der Waals surface area contributed by atoms with Gasteiger partial charge in [0, 0.05) is 19.2 Å². The van der Waals surface area contributed by atoms with Crippen LogP contribution in [-0.2, 0) is 13.6 Å². The van der Waals surface area contributed by atoms with Gasteiger partial charge in [-0.25, -0.2) is 0 Å². The molecule has 0 aromatic carbocycles. The van der Waals surface area contributed by atoms with Crippen LogP contribution in [0.2, 0.25) is 5.15 Å². The van der Waals surface area contributed by atoms with Crippen LogP contribution in [0.1, 0.15) is 31.5 Å². The molecule has 17 heavy (non-hydrogen) atoms. The Bertz CT molecular complexity index is 363. The second kappa shape index (κ2) is 6.38. The molecule has 1 aromatic rings. The van der Waals surface area contributed by atoms with E-state index in [4.69, 9.17) is 11.6 Å². The predicted molar refractivity (Wildman–Crippen MR) is 70.1 cm³/mol. The zero-order valence-corrected chi connectivity index (χ0v) is 11.8. The van der Waals surface area contributed by atoms with Gasteiger partial charge in [0.25, 0.3) is 0 Å². The first-order chi connectivity index (χ1) is 7.93. The maximum absolute atomic E-state index is 9.65. The molecule has 1 heterocycles. The van der Waals surface area contributed by atoms with E-state index in [0.717, 1.165) is 24.2 Å². The number of nitrogens with one attached hydrogen (secondary N) is 1. The first-order valence-electron chi connectivity index (χ1n) is 6.00. The van der Waals surface area contributed by atoms with E-state index in [2.05, 4.69) is 10.4 Å². The molecule has 0 spiro atoms. The van der Waals surface area contributed by atoms with E-state index >= 15 is 0 Å². The number of rotatable bonds is 6. The van der Waals surface area contributed by atoms with Crippen LogP contribution >= 0.6 is 11.6 Å². The van der Waals surface area contributed by atoms with Crippen molar-refractivity contribution in [3.05, 3.63) is 16.4 Å². The van der Waals surface area contributed by atoms with Crippen molar-refractivity contribution >= 4 is 11.6 Å². The Labute approximate surface area is 108 Å². The highest BCUT2D eigenvalue weighted by Crippen LogP contribution is 2.18. The van der Waals surface area contributed by atoms with Gasteiger partial charge in [0.2, 0.25) is 0 Å². The number of halogens is 1. The predicted octanol–water partition coefficient (Wildman–Crippen LogP) is 1.88. The third kappa shape index (κ3) is 3.98. The van der Waals surface area contributed by atoms with Crippen molar-refractivity contribution in [3.8, 4) is 0 Å². The van der Waals surface area contributed by atoms with Gasteiger partial charge in [-0.2, -0.15) is 5.10 Å². The van der Waals surface area contributed by atoms with Crippen molar-refractivity contribution in [2.75, 3.05) is 6.54 Å². The van der Waals surface area contributed by atoms with Crippen LogP contribution in [0.4, 0.5) is 0 Å². The summed E-state index contributed by atoms with van der Waals surface area (Å²) in [5.74, 6) is 0.306. The number of aryl methyl sites for hydroxylation is 2. The molecular formula is C12H22ClN3O. The van der Waals surface area contributed by atoms with E-state index < -0.39 is 0 Å². The standard InChI is InChI=1S/C12H22ClN3O/c1-8(2)11(17)5-6-14-7-10-9(3)15-16(4)12(10)13/h8,11,14,17H,5-7H2,1-4H3. The summed E-state index contributed by atoms with van der Waals surface area (Å²) in [6, 6.07) is 0. The first kappa shape index (κ1) is 14.5. The van der Waals surface area contributed by atoms with Crippen molar-refractivity contribution in [1.82, 2.24) is 15.1 Å². The molecule has 0 fully saturated rings. The summed E-state index contributed by atoms with van der Waals surface area (Å²) < 4.78 is 1.68. The molecule has 0 amide bonds. The van der Waals surface area contributed by atoms with Crippen LogP contribution < -0.4 is 5.32 Å². The molecule has 4 nitrogen and oxygen atoms in total. The van der Waals surface area contributed by atoms with Crippen molar-refractivity contribution in [3.63, 3.8) is 0 Å². The highest BCUT2D eigenvalue weighted by atomic mass is 35.5. The van der Waals surface area contributed by atoms with E-state index in [0.29, 0.717) is 17.6 Å². The molecule has 1 atom stereocenters. The fraction of sp³-hybridized carbons (Fsp3) is 0.750. The third-order valence-corrected chi connectivity index (χ3v) is 3.43. The second-order valence-corrected chi connectivity index (χ2v) is 5.11. The number of aliphatic hydroxyl groups is 1. The van der Waals surface area contributed by atoms with E-state index in [-0.39, 0.29) is 6.10 Å². The van der Waals surface area contributed by atoms with Gasteiger partial charge in [-0.3, -0.25) is 4.68 Å². The molecule has 0 bridgehead atoms. The maximum Gasteiger partial charge on any atom is 0.131 e. The van der Waals surface area contributed by atoms with Crippen LogP contribution in [0.15, 0.2) is 0 Å². The second-order valence-electron chi connectivity index (χ2n) is 4.76. The summed E-state index contributed by atoms with van der Waals surface area (Å²) >= 11 is 6.12. The van der Waals surface area contributed by atoms with E-state index in [1.807, 2.05) is 27.8 Å². The third-order valence-electron chi connectivity index (χ3n) is 2.96. The van der Waals surface area contributed by atoms with Gasteiger partial charge in [-0.05, 0) is 25.8 Å². The molecule has 0 aliphatic heterocycles. The van der Waals surface area contributed by atoms with Gasteiger partial charge in [-0.15, -0.1) is 0 Å². The molecule has 98 valence electrons. The minimum Gasteiger partial charge on any atom is -0.393 e. The number of hydrogen-bond donors (Lipinski definition) is 2. The molecule has 0 aliphatic rings. The Morgan fingerprint density at radius 3 is 2.59 bits per heavy atom. The van der Waals surface area contributed by atoms with Crippen LogP contribution in [0, 0.1) is 12.8 Å². The lowest BCUT2D eigenvalue weighted by Gasteiger charge is -2.14.